The molecule has 0 N–H and O–H groups in total. The predicted molar refractivity (Wildman–Crippen MR) is 108 cm³/mol. The number of halogens is 1. The summed E-state index contributed by atoms with van der Waals surface area (Å²) in [5.74, 6) is 1.31. The molecule has 0 radical (unpaired) electrons. The van der Waals surface area contributed by atoms with Crippen LogP contribution in [-0.2, 0) is 6.54 Å². The van der Waals surface area contributed by atoms with Crippen LogP contribution in [0.3, 0.4) is 0 Å². The lowest BCUT2D eigenvalue weighted by molar-refractivity contribution is 0.0598. The zero-order chi connectivity index (χ0) is 20.2. The zero-order valence-corrected chi connectivity index (χ0v) is 16.3. The Labute approximate surface area is 169 Å². The van der Waals surface area contributed by atoms with Gasteiger partial charge in [0.2, 0.25) is 0 Å². The molecule has 0 atom stereocenters. The maximum absolute atomic E-state index is 13.1. The second kappa shape index (κ2) is 8.49. The van der Waals surface area contributed by atoms with E-state index < -0.39 is 0 Å². The quantitative estimate of drug-likeness (QED) is 0.655. The van der Waals surface area contributed by atoms with Gasteiger partial charge in [-0.05, 0) is 54.1 Å². The van der Waals surface area contributed by atoms with Crippen LogP contribution >= 0.6 is 0 Å². The Balaban J connectivity index is 1.33. The highest BCUT2D eigenvalue weighted by molar-refractivity contribution is 5.92. The molecule has 6 heteroatoms. The van der Waals surface area contributed by atoms with Crippen molar-refractivity contribution in [1.29, 1.82) is 0 Å². The molecule has 1 amide bonds. The number of hydrogen-bond donors (Lipinski definition) is 0. The fraction of sp³-hybridized carbons (Fsp3) is 0.261. The van der Waals surface area contributed by atoms with Crippen LogP contribution in [0.2, 0.25) is 0 Å². The number of hydrogen-bond acceptors (Lipinski definition) is 4. The number of amides is 1. The second-order valence-corrected chi connectivity index (χ2v) is 7.09. The summed E-state index contributed by atoms with van der Waals surface area (Å²) in [6, 6.07) is 17.5. The van der Waals surface area contributed by atoms with Gasteiger partial charge in [0, 0.05) is 38.3 Å². The molecule has 0 spiro atoms. The minimum absolute atomic E-state index is 0.109. The van der Waals surface area contributed by atoms with Crippen molar-refractivity contribution in [3.63, 3.8) is 0 Å². The highest BCUT2D eigenvalue weighted by Gasteiger charge is 2.24. The molecule has 1 aliphatic heterocycles. The van der Waals surface area contributed by atoms with E-state index in [4.69, 9.17) is 9.15 Å². The smallest absolute Gasteiger partial charge is 0.289 e. The van der Waals surface area contributed by atoms with Gasteiger partial charge in [0.1, 0.15) is 17.3 Å². The van der Waals surface area contributed by atoms with Crippen molar-refractivity contribution in [2.45, 2.75) is 6.54 Å². The lowest BCUT2D eigenvalue weighted by Crippen LogP contribution is -2.48. The number of benzene rings is 2. The molecule has 4 rings (SSSR count). The van der Waals surface area contributed by atoms with Crippen molar-refractivity contribution >= 4 is 5.91 Å². The topological polar surface area (TPSA) is 45.9 Å². The predicted octanol–water partition coefficient (Wildman–Crippen LogP) is 4.05. The van der Waals surface area contributed by atoms with Crippen LogP contribution in [0.15, 0.2) is 65.1 Å². The summed E-state index contributed by atoms with van der Waals surface area (Å²) in [4.78, 5) is 16.9. The maximum Gasteiger partial charge on any atom is 0.289 e. The highest BCUT2D eigenvalue weighted by atomic mass is 19.1. The molecule has 0 unspecified atom stereocenters. The maximum atomic E-state index is 13.1. The summed E-state index contributed by atoms with van der Waals surface area (Å²) < 4.78 is 24.0. The summed E-state index contributed by atoms with van der Waals surface area (Å²) in [6.07, 6.45) is 0. The first-order valence-electron chi connectivity index (χ1n) is 9.63. The van der Waals surface area contributed by atoms with Gasteiger partial charge < -0.3 is 14.1 Å². The first kappa shape index (κ1) is 19.2. The molecule has 0 aliphatic carbocycles. The zero-order valence-electron chi connectivity index (χ0n) is 16.3. The first-order chi connectivity index (χ1) is 14.1. The van der Waals surface area contributed by atoms with Crippen molar-refractivity contribution in [3.05, 3.63) is 77.8 Å². The molecule has 29 heavy (non-hydrogen) atoms. The Kier molecular flexibility index (Phi) is 5.62. The average molecular weight is 394 g/mol. The monoisotopic (exact) mass is 394 g/mol. The van der Waals surface area contributed by atoms with Crippen molar-refractivity contribution < 1.29 is 18.3 Å². The SMILES string of the molecule is COc1ccc(CN2CCN(C(=O)c3ccc(-c4ccc(F)cc4)o3)CC2)cc1. The summed E-state index contributed by atoms with van der Waals surface area (Å²) in [5, 5.41) is 0. The van der Waals surface area contributed by atoms with Gasteiger partial charge in [-0.2, -0.15) is 0 Å². The Morgan fingerprint density at radius 2 is 1.66 bits per heavy atom. The lowest BCUT2D eigenvalue weighted by atomic mass is 10.2. The Morgan fingerprint density at radius 3 is 2.31 bits per heavy atom. The summed E-state index contributed by atoms with van der Waals surface area (Å²) in [7, 11) is 1.66. The third kappa shape index (κ3) is 4.49. The van der Waals surface area contributed by atoms with Gasteiger partial charge >= 0.3 is 0 Å². The van der Waals surface area contributed by atoms with Gasteiger partial charge in [-0.15, -0.1) is 0 Å². The van der Waals surface area contributed by atoms with Gasteiger partial charge in [-0.3, -0.25) is 9.69 Å². The molecule has 1 aromatic heterocycles. The number of ether oxygens (including phenoxy) is 1. The van der Waals surface area contributed by atoms with E-state index in [0.717, 1.165) is 30.9 Å². The summed E-state index contributed by atoms with van der Waals surface area (Å²) in [5.41, 5.74) is 1.97. The van der Waals surface area contributed by atoms with Crippen LogP contribution in [-0.4, -0.2) is 49.0 Å². The number of nitrogens with zero attached hydrogens (tertiary/aromatic N) is 2. The van der Waals surface area contributed by atoms with E-state index in [-0.39, 0.29) is 11.7 Å². The molecular formula is C23H23FN2O3. The van der Waals surface area contributed by atoms with Gasteiger partial charge in [-0.25, -0.2) is 4.39 Å². The van der Waals surface area contributed by atoms with Crippen molar-refractivity contribution in [2.24, 2.45) is 0 Å². The first-order valence-corrected chi connectivity index (χ1v) is 9.63. The lowest BCUT2D eigenvalue weighted by Gasteiger charge is -2.34. The van der Waals surface area contributed by atoms with E-state index in [2.05, 4.69) is 17.0 Å². The number of rotatable bonds is 5. The standard InChI is InChI=1S/C23H23FN2O3/c1-28-20-8-2-17(3-9-20)16-25-12-14-26(15-13-25)23(27)22-11-10-21(29-22)18-4-6-19(24)7-5-18/h2-11H,12-16H2,1H3. The van der Waals surface area contributed by atoms with E-state index >= 15 is 0 Å². The van der Waals surface area contributed by atoms with E-state index in [0.29, 0.717) is 24.6 Å². The van der Waals surface area contributed by atoms with Gasteiger partial charge in [0.05, 0.1) is 7.11 Å². The molecule has 0 saturated carbocycles. The molecule has 1 saturated heterocycles. The van der Waals surface area contributed by atoms with Crippen LogP contribution in [0.1, 0.15) is 16.1 Å². The number of carbonyl (C=O) groups is 1. The van der Waals surface area contributed by atoms with Crippen LogP contribution in [0.4, 0.5) is 4.39 Å². The van der Waals surface area contributed by atoms with E-state index in [1.54, 1.807) is 31.4 Å². The summed E-state index contributed by atoms with van der Waals surface area (Å²) in [6.45, 7) is 3.78. The second-order valence-electron chi connectivity index (χ2n) is 7.09. The fourth-order valence-electron chi connectivity index (χ4n) is 3.48. The van der Waals surface area contributed by atoms with Crippen LogP contribution in [0.5, 0.6) is 5.75 Å². The largest absolute Gasteiger partial charge is 0.497 e. The van der Waals surface area contributed by atoms with Crippen molar-refractivity contribution in [2.75, 3.05) is 33.3 Å². The fourth-order valence-corrected chi connectivity index (χ4v) is 3.48. The van der Waals surface area contributed by atoms with E-state index in [1.165, 1.54) is 17.7 Å². The van der Waals surface area contributed by atoms with Gasteiger partial charge in [0.25, 0.3) is 5.91 Å². The third-order valence-electron chi connectivity index (χ3n) is 5.17. The molecule has 1 fully saturated rings. The molecule has 0 bridgehead atoms. The average Bonchev–Trinajstić information content (AvgIpc) is 3.25. The molecule has 150 valence electrons. The minimum Gasteiger partial charge on any atom is -0.497 e. The van der Waals surface area contributed by atoms with Crippen molar-refractivity contribution in [3.8, 4) is 17.1 Å². The molecular weight excluding hydrogens is 371 g/mol. The minimum atomic E-state index is -0.302. The summed E-state index contributed by atoms with van der Waals surface area (Å²) >= 11 is 0. The molecule has 2 heterocycles. The molecule has 5 nitrogen and oxygen atoms in total. The number of carbonyl (C=O) groups excluding carboxylic acids is 1. The van der Waals surface area contributed by atoms with Gasteiger partial charge in [0.15, 0.2) is 5.76 Å². The van der Waals surface area contributed by atoms with Crippen molar-refractivity contribution in [1.82, 2.24) is 9.80 Å². The number of methoxy groups -OCH3 is 1. The Hall–Kier alpha value is -3.12. The Bertz CT molecular complexity index is 959. The highest BCUT2D eigenvalue weighted by Crippen LogP contribution is 2.23. The third-order valence-corrected chi connectivity index (χ3v) is 5.17. The number of piperazine rings is 1. The molecule has 3 aromatic rings. The Morgan fingerprint density at radius 1 is 0.966 bits per heavy atom. The van der Waals surface area contributed by atoms with E-state index in [9.17, 15) is 9.18 Å². The van der Waals surface area contributed by atoms with Crippen LogP contribution in [0.25, 0.3) is 11.3 Å². The molecule has 2 aromatic carbocycles. The van der Waals surface area contributed by atoms with Crippen LogP contribution in [0, 0.1) is 5.82 Å². The normalized spacial score (nSPS) is 14.8. The number of furan rings is 1. The van der Waals surface area contributed by atoms with Gasteiger partial charge in [-0.1, -0.05) is 12.1 Å². The molecule has 1 aliphatic rings. The van der Waals surface area contributed by atoms with E-state index in [1.807, 2.05) is 17.0 Å². The van der Waals surface area contributed by atoms with Crippen LogP contribution < -0.4 is 4.74 Å².